The smallest absolute Gasteiger partial charge is 0.408 e. The highest BCUT2D eigenvalue weighted by Crippen LogP contribution is 2.19. The number of nitrogens with one attached hydrogen (secondary N) is 1. The van der Waals surface area contributed by atoms with Gasteiger partial charge in [-0.1, -0.05) is 13.8 Å². The second-order valence-corrected chi connectivity index (χ2v) is 7.40. The molecule has 6 heteroatoms. The molecule has 0 fully saturated rings. The number of alkyl carbamates (subject to hydrolysis) is 1. The van der Waals surface area contributed by atoms with Gasteiger partial charge < -0.3 is 14.6 Å². The molecule has 0 saturated carbocycles. The lowest BCUT2D eigenvalue weighted by molar-refractivity contribution is 0.0500. The van der Waals surface area contributed by atoms with E-state index in [1.165, 1.54) is 0 Å². The van der Waals surface area contributed by atoms with Crippen LogP contribution in [0.2, 0.25) is 0 Å². The number of carbonyl (C=O) groups excluding carboxylic acids is 1. The zero-order valence-electron chi connectivity index (χ0n) is 13.8. The first-order valence-electron chi connectivity index (χ1n) is 7.29. The lowest BCUT2D eigenvalue weighted by atomic mass is 10.1. The van der Waals surface area contributed by atoms with Crippen LogP contribution >= 0.6 is 11.8 Å². The first kappa shape index (κ1) is 17.9. The number of rotatable bonds is 6. The van der Waals surface area contributed by atoms with E-state index in [0.29, 0.717) is 5.25 Å². The summed E-state index contributed by atoms with van der Waals surface area (Å²) in [4.78, 5) is 16.2. The second-order valence-electron chi connectivity index (χ2n) is 6.12. The van der Waals surface area contributed by atoms with E-state index >= 15 is 0 Å². The number of imidazole rings is 1. The Morgan fingerprint density at radius 2 is 2.19 bits per heavy atom. The highest BCUT2D eigenvalue weighted by atomic mass is 32.2. The van der Waals surface area contributed by atoms with Crippen LogP contribution in [-0.2, 0) is 11.3 Å². The van der Waals surface area contributed by atoms with Crippen molar-refractivity contribution in [3.63, 3.8) is 0 Å². The van der Waals surface area contributed by atoms with Crippen LogP contribution in [0.15, 0.2) is 12.5 Å². The van der Waals surface area contributed by atoms with Crippen molar-refractivity contribution in [1.82, 2.24) is 14.9 Å². The van der Waals surface area contributed by atoms with Gasteiger partial charge in [0.25, 0.3) is 0 Å². The van der Waals surface area contributed by atoms with Gasteiger partial charge in [0.1, 0.15) is 5.60 Å². The van der Waals surface area contributed by atoms with E-state index < -0.39 is 5.60 Å². The fraction of sp³-hybridized carbons (Fsp3) is 0.733. The van der Waals surface area contributed by atoms with Crippen molar-refractivity contribution < 1.29 is 9.53 Å². The topological polar surface area (TPSA) is 56.1 Å². The molecule has 0 aromatic carbocycles. The number of ether oxygens (including phenoxy) is 1. The average Bonchev–Trinajstić information content (AvgIpc) is 2.81. The predicted octanol–water partition coefficient (Wildman–Crippen LogP) is 3.61. The van der Waals surface area contributed by atoms with Gasteiger partial charge in [0.2, 0.25) is 0 Å². The largest absolute Gasteiger partial charge is 0.444 e. The molecule has 1 heterocycles. The van der Waals surface area contributed by atoms with Gasteiger partial charge in [-0.15, -0.1) is 0 Å². The third-order valence-corrected chi connectivity index (χ3v) is 4.01. The summed E-state index contributed by atoms with van der Waals surface area (Å²) in [6, 6.07) is -0.0867. The molecule has 0 aliphatic heterocycles. The van der Waals surface area contributed by atoms with Crippen molar-refractivity contribution in [2.75, 3.05) is 6.26 Å². The van der Waals surface area contributed by atoms with Gasteiger partial charge in [-0.05, 0) is 33.4 Å². The van der Waals surface area contributed by atoms with Gasteiger partial charge in [0.15, 0.2) is 0 Å². The SMILES string of the molecule is CC[C@@H](NC(=O)OC(C)(C)C)c1cncn1CC(C)SC. The molecule has 120 valence electrons. The van der Waals surface area contributed by atoms with Crippen molar-refractivity contribution in [2.45, 2.75) is 64.5 Å². The maximum atomic E-state index is 11.9. The number of carbonyl (C=O) groups is 1. The summed E-state index contributed by atoms with van der Waals surface area (Å²) < 4.78 is 7.43. The number of aromatic nitrogens is 2. The molecule has 1 aromatic heterocycles. The van der Waals surface area contributed by atoms with Crippen molar-refractivity contribution in [2.24, 2.45) is 0 Å². The highest BCUT2D eigenvalue weighted by Gasteiger charge is 2.21. The van der Waals surface area contributed by atoms with Crippen LogP contribution in [0.5, 0.6) is 0 Å². The van der Waals surface area contributed by atoms with Crippen LogP contribution in [-0.4, -0.2) is 32.8 Å². The first-order valence-corrected chi connectivity index (χ1v) is 8.58. The summed E-state index contributed by atoms with van der Waals surface area (Å²) in [5, 5.41) is 3.43. The van der Waals surface area contributed by atoms with Crippen molar-refractivity contribution in [3.8, 4) is 0 Å². The van der Waals surface area contributed by atoms with Crippen LogP contribution in [0.1, 0.15) is 52.8 Å². The van der Waals surface area contributed by atoms with E-state index in [1.54, 1.807) is 0 Å². The monoisotopic (exact) mass is 313 g/mol. The van der Waals surface area contributed by atoms with Crippen molar-refractivity contribution in [3.05, 3.63) is 18.2 Å². The minimum Gasteiger partial charge on any atom is -0.444 e. The molecule has 1 unspecified atom stereocenters. The Hall–Kier alpha value is -1.17. The molecular formula is C15H27N3O2S. The van der Waals surface area contributed by atoms with Gasteiger partial charge in [-0.25, -0.2) is 9.78 Å². The zero-order chi connectivity index (χ0) is 16.0. The van der Waals surface area contributed by atoms with E-state index in [-0.39, 0.29) is 12.1 Å². The summed E-state index contributed by atoms with van der Waals surface area (Å²) in [6.45, 7) is 10.7. The quantitative estimate of drug-likeness (QED) is 0.871. The van der Waals surface area contributed by atoms with Gasteiger partial charge in [0, 0.05) is 11.8 Å². The van der Waals surface area contributed by atoms with Gasteiger partial charge in [-0.2, -0.15) is 11.8 Å². The third kappa shape index (κ3) is 5.99. The predicted molar refractivity (Wildman–Crippen MR) is 87.6 cm³/mol. The normalized spacial score (nSPS) is 14.6. The van der Waals surface area contributed by atoms with Gasteiger partial charge in [0.05, 0.1) is 24.3 Å². The Bertz CT molecular complexity index is 454. The van der Waals surface area contributed by atoms with Gasteiger partial charge >= 0.3 is 6.09 Å². The molecule has 0 aliphatic carbocycles. The number of nitrogens with zero attached hydrogens (tertiary/aromatic N) is 2. The molecule has 1 N–H and O–H groups in total. The standard InChI is InChI=1S/C15H27N3O2S/c1-7-12(17-14(19)20-15(3,4)5)13-8-16-10-18(13)9-11(2)21-6/h8,10-12H,7,9H2,1-6H3,(H,17,19)/t11?,12-/m1/s1. The summed E-state index contributed by atoms with van der Waals surface area (Å²) in [7, 11) is 0. The van der Waals surface area contributed by atoms with E-state index in [4.69, 9.17) is 4.74 Å². The molecule has 0 spiro atoms. The molecule has 21 heavy (non-hydrogen) atoms. The second kappa shape index (κ2) is 7.73. The van der Waals surface area contributed by atoms with Crippen LogP contribution < -0.4 is 5.32 Å². The molecule has 0 bridgehead atoms. The summed E-state index contributed by atoms with van der Waals surface area (Å²) in [6.07, 6.45) is 6.14. The van der Waals surface area contributed by atoms with Crippen LogP contribution in [0.3, 0.4) is 0 Å². The fourth-order valence-corrected chi connectivity index (χ4v) is 2.27. The lowest BCUT2D eigenvalue weighted by Gasteiger charge is -2.24. The van der Waals surface area contributed by atoms with E-state index in [0.717, 1.165) is 18.7 Å². The molecule has 0 radical (unpaired) electrons. The summed E-state index contributed by atoms with van der Waals surface area (Å²) >= 11 is 1.81. The first-order chi connectivity index (χ1) is 9.76. The Morgan fingerprint density at radius 3 is 2.71 bits per heavy atom. The van der Waals surface area contributed by atoms with E-state index in [1.807, 2.05) is 52.0 Å². The molecule has 1 rings (SSSR count). The summed E-state index contributed by atoms with van der Waals surface area (Å²) in [5.74, 6) is 0. The maximum absolute atomic E-state index is 11.9. The van der Waals surface area contributed by atoms with E-state index in [9.17, 15) is 4.79 Å². The molecule has 1 amide bonds. The van der Waals surface area contributed by atoms with Crippen molar-refractivity contribution >= 4 is 17.9 Å². The van der Waals surface area contributed by atoms with Crippen LogP contribution in [0.25, 0.3) is 0 Å². The molecule has 5 nitrogen and oxygen atoms in total. The Balaban J connectivity index is 2.77. The van der Waals surface area contributed by atoms with Crippen molar-refractivity contribution in [1.29, 1.82) is 0 Å². The summed E-state index contributed by atoms with van der Waals surface area (Å²) in [5.41, 5.74) is 0.528. The molecule has 0 saturated heterocycles. The molecule has 0 aliphatic rings. The number of thioether (sulfide) groups is 1. The van der Waals surface area contributed by atoms with Gasteiger partial charge in [-0.3, -0.25) is 0 Å². The highest BCUT2D eigenvalue weighted by molar-refractivity contribution is 7.99. The Labute approximate surface area is 131 Å². The Morgan fingerprint density at radius 1 is 1.52 bits per heavy atom. The zero-order valence-corrected chi connectivity index (χ0v) is 14.7. The third-order valence-electron chi connectivity index (χ3n) is 3.06. The minimum absolute atomic E-state index is 0.0867. The number of amides is 1. The number of hydrogen-bond donors (Lipinski definition) is 1. The maximum Gasteiger partial charge on any atom is 0.408 e. The fourth-order valence-electron chi connectivity index (χ4n) is 1.96. The molecule has 2 atom stereocenters. The Kier molecular flexibility index (Phi) is 6.58. The molecule has 1 aromatic rings. The average molecular weight is 313 g/mol. The number of hydrogen-bond acceptors (Lipinski definition) is 4. The minimum atomic E-state index is -0.490. The van der Waals surface area contributed by atoms with Crippen LogP contribution in [0, 0.1) is 0 Å². The lowest BCUT2D eigenvalue weighted by Crippen LogP contribution is -2.35. The van der Waals surface area contributed by atoms with Crippen LogP contribution in [0.4, 0.5) is 4.79 Å². The molecular weight excluding hydrogens is 286 g/mol. The van der Waals surface area contributed by atoms with E-state index in [2.05, 4.69) is 28.0 Å².